The average molecular weight is 301 g/mol. The molecule has 2 amide bonds. The molecule has 0 atom stereocenters. The molecule has 0 aliphatic heterocycles. The molecule has 1 fully saturated rings. The van der Waals surface area contributed by atoms with Crippen LogP contribution < -0.4 is 15.8 Å². The number of nitrogens with one attached hydrogen (secondary N) is 1. The van der Waals surface area contributed by atoms with E-state index in [2.05, 4.69) is 11.4 Å². The van der Waals surface area contributed by atoms with E-state index in [1.807, 2.05) is 0 Å². The Kier molecular flexibility index (Phi) is 4.99. The second-order valence-corrected chi connectivity index (χ2v) is 5.45. The molecular weight excluding hydrogens is 282 g/mol. The SMILES string of the molecule is N#CC1(NC(=O)COc2ccccc2C(N)=O)CCCCC1. The third-order valence-electron chi connectivity index (χ3n) is 3.81. The molecule has 0 saturated heterocycles. The number of rotatable bonds is 5. The molecule has 3 N–H and O–H groups in total. The molecule has 2 rings (SSSR count). The zero-order chi connectivity index (χ0) is 16.0. The maximum Gasteiger partial charge on any atom is 0.259 e. The van der Waals surface area contributed by atoms with Crippen molar-refractivity contribution < 1.29 is 14.3 Å². The van der Waals surface area contributed by atoms with Crippen LogP contribution in [0, 0.1) is 11.3 Å². The topological polar surface area (TPSA) is 105 Å². The molecule has 116 valence electrons. The fourth-order valence-electron chi connectivity index (χ4n) is 2.66. The van der Waals surface area contributed by atoms with Crippen molar-refractivity contribution in [2.24, 2.45) is 5.73 Å². The molecular formula is C16H19N3O3. The summed E-state index contributed by atoms with van der Waals surface area (Å²) in [5, 5.41) is 12.1. The number of hydrogen-bond acceptors (Lipinski definition) is 4. The summed E-state index contributed by atoms with van der Waals surface area (Å²) < 4.78 is 5.37. The van der Waals surface area contributed by atoms with Crippen LogP contribution in [-0.2, 0) is 4.79 Å². The third kappa shape index (κ3) is 3.76. The van der Waals surface area contributed by atoms with Gasteiger partial charge in [0.05, 0.1) is 11.6 Å². The zero-order valence-corrected chi connectivity index (χ0v) is 12.3. The Morgan fingerprint density at radius 2 is 1.95 bits per heavy atom. The standard InChI is InChI=1S/C16H19N3O3/c17-11-16(8-4-1-5-9-16)19-14(20)10-22-13-7-3-2-6-12(13)15(18)21/h2-3,6-7H,1,4-5,8-10H2,(H2,18,21)(H,19,20). The Labute approximate surface area is 129 Å². The van der Waals surface area contributed by atoms with Crippen molar-refractivity contribution in [2.75, 3.05) is 6.61 Å². The van der Waals surface area contributed by atoms with Crippen molar-refractivity contribution in [1.29, 1.82) is 5.26 Å². The Bertz CT molecular complexity index is 601. The first-order valence-corrected chi connectivity index (χ1v) is 7.30. The van der Waals surface area contributed by atoms with Crippen LogP contribution in [0.1, 0.15) is 42.5 Å². The normalized spacial score (nSPS) is 16.3. The maximum atomic E-state index is 12.0. The number of hydrogen-bond donors (Lipinski definition) is 2. The van der Waals surface area contributed by atoms with Crippen LogP contribution in [0.15, 0.2) is 24.3 Å². The van der Waals surface area contributed by atoms with E-state index < -0.39 is 11.4 Å². The second kappa shape index (κ2) is 6.94. The number of primary amides is 1. The number of nitrogens with two attached hydrogens (primary N) is 1. The van der Waals surface area contributed by atoms with Crippen LogP contribution in [0.5, 0.6) is 5.75 Å². The van der Waals surface area contributed by atoms with Crippen LogP contribution in [0.25, 0.3) is 0 Å². The number of carbonyl (C=O) groups excluding carboxylic acids is 2. The minimum atomic E-state index is -0.790. The summed E-state index contributed by atoms with van der Waals surface area (Å²) in [6, 6.07) is 8.69. The van der Waals surface area contributed by atoms with Crippen molar-refractivity contribution in [3.8, 4) is 11.8 Å². The van der Waals surface area contributed by atoms with Gasteiger partial charge in [-0.25, -0.2) is 0 Å². The molecule has 1 aliphatic rings. The molecule has 0 aromatic heterocycles. The van der Waals surface area contributed by atoms with Gasteiger partial charge in [0, 0.05) is 0 Å². The van der Waals surface area contributed by atoms with Crippen molar-refractivity contribution in [3.63, 3.8) is 0 Å². The van der Waals surface area contributed by atoms with Crippen molar-refractivity contribution in [3.05, 3.63) is 29.8 Å². The van der Waals surface area contributed by atoms with E-state index in [0.29, 0.717) is 12.8 Å². The number of carbonyl (C=O) groups is 2. The Hall–Kier alpha value is -2.55. The van der Waals surface area contributed by atoms with Gasteiger partial charge >= 0.3 is 0 Å². The first kappa shape index (κ1) is 15.8. The summed E-state index contributed by atoms with van der Waals surface area (Å²) in [7, 11) is 0. The molecule has 1 saturated carbocycles. The van der Waals surface area contributed by atoms with Gasteiger partial charge in [-0.2, -0.15) is 5.26 Å². The number of amides is 2. The minimum absolute atomic E-state index is 0.225. The van der Waals surface area contributed by atoms with E-state index >= 15 is 0 Å². The highest BCUT2D eigenvalue weighted by Crippen LogP contribution is 2.27. The lowest BCUT2D eigenvalue weighted by Crippen LogP contribution is -2.50. The van der Waals surface area contributed by atoms with Gasteiger partial charge in [0.25, 0.3) is 11.8 Å². The number of benzene rings is 1. The highest BCUT2D eigenvalue weighted by Gasteiger charge is 2.33. The molecule has 0 unspecified atom stereocenters. The van der Waals surface area contributed by atoms with E-state index in [0.717, 1.165) is 19.3 Å². The molecule has 0 bridgehead atoms. The quantitative estimate of drug-likeness (QED) is 0.859. The largest absolute Gasteiger partial charge is 0.483 e. The highest BCUT2D eigenvalue weighted by molar-refractivity contribution is 5.95. The fourth-order valence-corrected chi connectivity index (χ4v) is 2.66. The van der Waals surface area contributed by atoms with Crippen molar-refractivity contribution in [1.82, 2.24) is 5.32 Å². The van der Waals surface area contributed by atoms with E-state index in [1.165, 1.54) is 6.07 Å². The first-order valence-electron chi connectivity index (χ1n) is 7.30. The molecule has 1 aromatic rings. The van der Waals surface area contributed by atoms with Gasteiger partial charge in [0.2, 0.25) is 0 Å². The predicted octanol–water partition coefficient (Wildman–Crippen LogP) is 1.51. The van der Waals surface area contributed by atoms with E-state index in [1.54, 1.807) is 18.2 Å². The highest BCUT2D eigenvalue weighted by atomic mass is 16.5. The summed E-state index contributed by atoms with van der Waals surface area (Å²) in [6.07, 6.45) is 4.26. The van der Waals surface area contributed by atoms with Gasteiger partial charge in [-0.1, -0.05) is 31.4 Å². The molecule has 0 spiro atoms. The smallest absolute Gasteiger partial charge is 0.259 e. The lowest BCUT2D eigenvalue weighted by atomic mass is 9.83. The summed E-state index contributed by atoms with van der Waals surface area (Å²) in [6.45, 7) is -0.256. The van der Waals surface area contributed by atoms with Gasteiger partial charge in [0.15, 0.2) is 6.61 Å². The molecule has 1 aliphatic carbocycles. The third-order valence-corrected chi connectivity index (χ3v) is 3.81. The lowest BCUT2D eigenvalue weighted by molar-refractivity contribution is -0.124. The van der Waals surface area contributed by atoms with Crippen LogP contribution in [0.4, 0.5) is 0 Å². The van der Waals surface area contributed by atoms with Crippen molar-refractivity contribution >= 4 is 11.8 Å². The van der Waals surface area contributed by atoms with Crippen LogP contribution >= 0.6 is 0 Å². The molecule has 0 heterocycles. The monoisotopic (exact) mass is 301 g/mol. The van der Waals surface area contributed by atoms with Crippen LogP contribution in [0.3, 0.4) is 0 Å². The number of nitriles is 1. The van der Waals surface area contributed by atoms with E-state index in [-0.39, 0.29) is 23.8 Å². The maximum absolute atomic E-state index is 12.0. The average Bonchev–Trinajstić information content (AvgIpc) is 2.54. The number of ether oxygens (including phenoxy) is 1. The number of para-hydroxylation sites is 1. The molecule has 1 aromatic carbocycles. The van der Waals surface area contributed by atoms with Gasteiger partial charge in [-0.15, -0.1) is 0 Å². The van der Waals surface area contributed by atoms with E-state index in [4.69, 9.17) is 10.5 Å². The van der Waals surface area contributed by atoms with Gasteiger partial charge in [-0.05, 0) is 25.0 Å². The predicted molar refractivity (Wildman–Crippen MR) is 80.0 cm³/mol. The van der Waals surface area contributed by atoms with Gasteiger partial charge in [-0.3, -0.25) is 9.59 Å². The fraction of sp³-hybridized carbons (Fsp3) is 0.438. The summed E-state index contributed by atoms with van der Waals surface area (Å²) in [5.41, 5.74) is 4.69. The number of nitrogens with zero attached hydrogens (tertiary/aromatic N) is 1. The Morgan fingerprint density at radius 3 is 2.59 bits per heavy atom. The summed E-state index contributed by atoms with van der Waals surface area (Å²) >= 11 is 0. The molecule has 0 radical (unpaired) electrons. The molecule has 22 heavy (non-hydrogen) atoms. The Morgan fingerprint density at radius 1 is 1.27 bits per heavy atom. The first-order chi connectivity index (χ1) is 10.6. The minimum Gasteiger partial charge on any atom is -0.483 e. The second-order valence-electron chi connectivity index (χ2n) is 5.45. The van der Waals surface area contributed by atoms with Crippen molar-refractivity contribution in [2.45, 2.75) is 37.6 Å². The summed E-state index contributed by atoms with van der Waals surface area (Å²) in [4.78, 5) is 23.3. The van der Waals surface area contributed by atoms with Gasteiger partial charge in [0.1, 0.15) is 11.3 Å². The van der Waals surface area contributed by atoms with E-state index in [9.17, 15) is 14.9 Å². The summed E-state index contributed by atoms with van der Waals surface area (Å²) in [5.74, 6) is -0.723. The zero-order valence-electron chi connectivity index (χ0n) is 12.3. The molecule has 6 nitrogen and oxygen atoms in total. The Balaban J connectivity index is 1.96. The van der Waals surface area contributed by atoms with Crippen LogP contribution in [0.2, 0.25) is 0 Å². The molecule has 6 heteroatoms. The van der Waals surface area contributed by atoms with Crippen LogP contribution in [-0.4, -0.2) is 24.0 Å². The lowest BCUT2D eigenvalue weighted by Gasteiger charge is -2.31. The van der Waals surface area contributed by atoms with Gasteiger partial charge < -0.3 is 15.8 Å².